The van der Waals surface area contributed by atoms with Crippen molar-refractivity contribution in [3.63, 3.8) is 0 Å². The average Bonchev–Trinajstić information content (AvgIpc) is 3.19. The molecular weight excluding hydrogens is 562 g/mol. The number of anilines is 1. The highest BCUT2D eigenvalue weighted by molar-refractivity contribution is 9.10. The third kappa shape index (κ3) is 5.95. The molecule has 4 amide bonds. The molecule has 1 saturated heterocycles. The molecule has 1 aliphatic rings. The van der Waals surface area contributed by atoms with E-state index < -0.39 is 35.8 Å². The summed E-state index contributed by atoms with van der Waals surface area (Å²) in [6, 6.07) is 18.1. The molecule has 3 N–H and O–H groups in total. The maximum absolute atomic E-state index is 13.6. The Hall–Kier alpha value is -3.40. The average molecular weight is 587 g/mol. The maximum atomic E-state index is 13.6. The minimum absolute atomic E-state index is 0.123. The number of nitrogens with one attached hydrogen (secondary N) is 2. The summed E-state index contributed by atoms with van der Waals surface area (Å²) in [5.74, 6) is -1.08. The molecule has 8 nitrogen and oxygen atoms in total. The molecule has 3 aromatic rings. The van der Waals surface area contributed by atoms with Crippen LogP contribution in [0.15, 0.2) is 77.3 Å². The molecule has 0 aromatic heterocycles. The van der Waals surface area contributed by atoms with Crippen molar-refractivity contribution in [1.82, 2.24) is 10.2 Å². The lowest BCUT2D eigenvalue weighted by atomic mass is 9.91. The van der Waals surface area contributed by atoms with E-state index in [0.29, 0.717) is 22.0 Å². The summed E-state index contributed by atoms with van der Waals surface area (Å²) in [6.07, 6.45) is 0. The summed E-state index contributed by atoms with van der Waals surface area (Å²) in [5, 5.41) is 14.7. The van der Waals surface area contributed by atoms with Gasteiger partial charge in [-0.15, -0.1) is 0 Å². The summed E-state index contributed by atoms with van der Waals surface area (Å²) in [4.78, 5) is 41.4. The van der Waals surface area contributed by atoms with Crippen molar-refractivity contribution >= 4 is 51.1 Å². The van der Waals surface area contributed by atoms with Crippen LogP contribution in [-0.4, -0.2) is 47.1 Å². The minimum atomic E-state index is -1.15. The Kier molecular flexibility index (Phi) is 8.48. The van der Waals surface area contributed by atoms with E-state index in [2.05, 4.69) is 26.6 Å². The third-order valence-electron chi connectivity index (χ3n) is 6.08. The van der Waals surface area contributed by atoms with Crippen LogP contribution >= 0.6 is 27.5 Å². The Labute approximate surface area is 227 Å². The number of ether oxygens (including phenoxy) is 1. The van der Waals surface area contributed by atoms with Gasteiger partial charge in [0.1, 0.15) is 24.4 Å². The Morgan fingerprint density at radius 3 is 2.49 bits per heavy atom. The van der Waals surface area contributed by atoms with E-state index in [4.69, 9.17) is 21.4 Å². The predicted octanol–water partition coefficient (Wildman–Crippen LogP) is 4.88. The Morgan fingerprint density at radius 1 is 1.14 bits per heavy atom. The highest BCUT2D eigenvalue weighted by atomic mass is 79.9. The van der Waals surface area contributed by atoms with E-state index in [1.54, 1.807) is 49.4 Å². The van der Waals surface area contributed by atoms with Gasteiger partial charge in [-0.2, -0.15) is 0 Å². The number of aliphatic hydroxyl groups excluding tert-OH is 1. The SMILES string of the molecule is C[C@@H](c1ccccc1)[C@@H](C(=O)Nc1ccc(Br)cc1Cl)N1C(=O)NC(c2ccc(OCCO)cc2)C1=O. The third-order valence-corrected chi connectivity index (χ3v) is 6.89. The van der Waals surface area contributed by atoms with Gasteiger partial charge in [0.05, 0.1) is 17.3 Å². The molecule has 192 valence electrons. The second-order valence-electron chi connectivity index (χ2n) is 8.49. The van der Waals surface area contributed by atoms with Crippen LogP contribution in [0.3, 0.4) is 0 Å². The van der Waals surface area contributed by atoms with Crippen LogP contribution in [0.5, 0.6) is 5.75 Å². The van der Waals surface area contributed by atoms with Gasteiger partial charge >= 0.3 is 6.03 Å². The van der Waals surface area contributed by atoms with Crippen LogP contribution in [0, 0.1) is 0 Å². The molecule has 0 spiro atoms. The molecule has 1 aliphatic heterocycles. The van der Waals surface area contributed by atoms with Crippen molar-refractivity contribution < 1.29 is 24.2 Å². The number of nitrogens with zero attached hydrogens (tertiary/aromatic N) is 1. The molecule has 0 aliphatic carbocycles. The number of hydrogen-bond acceptors (Lipinski definition) is 5. The summed E-state index contributed by atoms with van der Waals surface area (Å²) >= 11 is 9.65. The maximum Gasteiger partial charge on any atom is 0.325 e. The number of rotatable bonds is 9. The van der Waals surface area contributed by atoms with E-state index >= 15 is 0 Å². The van der Waals surface area contributed by atoms with Crippen molar-refractivity contribution in [3.8, 4) is 5.75 Å². The van der Waals surface area contributed by atoms with Gasteiger partial charge in [-0.3, -0.25) is 9.59 Å². The van der Waals surface area contributed by atoms with Gasteiger partial charge in [0, 0.05) is 10.4 Å². The van der Waals surface area contributed by atoms with Gasteiger partial charge in [0.2, 0.25) is 5.91 Å². The topological polar surface area (TPSA) is 108 Å². The monoisotopic (exact) mass is 585 g/mol. The van der Waals surface area contributed by atoms with Crippen molar-refractivity contribution in [2.24, 2.45) is 0 Å². The first-order valence-corrected chi connectivity index (χ1v) is 12.7. The number of carbonyl (C=O) groups is 3. The highest BCUT2D eigenvalue weighted by Crippen LogP contribution is 2.33. The van der Waals surface area contributed by atoms with E-state index in [9.17, 15) is 14.4 Å². The first-order valence-electron chi connectivity index (χ1n) is 11.6. The summed E-state index contributed by atoms with van der Waals surface area (Å²) in [7, 11) is 0. The normalized spacial score (nSPS) is 16.8. The fourth-order valence-electron chi connectivity index (χ4n) is 4.21. The molecular formula is C27H25BrClN3O5. The minimum Gasteiger partial charge on any atom is -0.491 e. The highest BCUT2D eigenvalue weighted by Gasteiger charge is 2.47. The number of carbonyl (C=O) groups excluding carboxylic acids is 3. The molecule has 3 atom stereocenters. The molecule has 1 fully saturated rings. The van der Waals surface area contributed by atoms with E-state index in [1.807, 2.05) is 30.3 Å². The number of aliphatic hydroxyl groups is 1. The fourth-order valence-corrected chi connectivity index (χ4v) is 4.93. The van der Waals surface area contributed by atoms with E-state index in [0.717, 1.165) is 14.9 Å². The summed E-state index contributed by atoms with van der Waals surface area (Å²) < 4.78 is 6.11. The van der Waals surface area contributed by atoms with Gasteiger partial charge in [-0.05, 0) is 41.5 Å². The lowest BCUT2D eigenvalue weighted by molar-refractivity contribution is -0.134. The Morgan fingerprint density at radius 2 is 1.84 bits per heavy atom. The zero-order valence-corrected chi connectivity index (χ0v) is 22.2. The summed E-state index contributed by atoms with van der Waals surface area (Å²) in [5.41, 5.74) is 1.70. The number of hydrogen-bond donors (Lipinski definition) is 3. The predicted molar refractivity (Wildman–Crippen MR) is 144 cm³/mol. The largest absolute Gasteiger partial charge is 0.491 e. The van der Waals surface area contributed by atoms with Gasteiger partial charge in [-0.1, -0.05) is 76.9 Å². The number of imide groups is 1. The molecule has 0 saturated carbocycles. The number of benzene rings is 3. The number of urea groups is 1. The van der Waals surface area contributed by atoms with Crippen molar-refractivity contribution in [3.05, 3.63) is 93.4 Å². The smallest absolute Gasteiger partial charge is 0.325 e. The van der Waals surface area contributed by atoms with Crippen LogP contribution in [0.1, 0.15) is 30.0 Å². The fraction of sp³-hybridized carbons (Fsp3) is 0.222. The molecule has 0 bridgehead atoms. The van der Waals surface area contributed by atoms with Crippen LogP contribution in [0.25, 0.3) is 0 Å². The molecule has 4 rings (SSSR count). The molecule has 37 heavy (non-hydrogen) atoms. The Balaban J connectivity index is 1.64. The van der Waals surface area contributed by atoms with E-state index in [1.165, 1.54) is 0 Å². The van der Waals surface area contributed by atoms with Crippen molar-refractivity contribution in [2.45, 2.75) is 24.9 Å². The van der Waals surface area contributed by atoms with E-state index in [-0.39, 0.29) is 13.2 Å². The standard InChI is InChI=1S/C27H25BrClN3O5/c1-16(17-5-3-2-4-6-17)24(25(34)30-22-12-9-19(28)15-21(22)29)32-26(35)23(31-27(32)36)18-7-10-20(11-8-18)37-14-13-33/h2-12,15-16,23-24,33H,13-14H2,1H3,(H,30,34)(H,31,36)/t16-,23?,24-/m0/s1. The Bertz CT molecular complexity index is 1290. The van der Waals surface area contributed by atoms with Gasteiger partial charge in [-0.25, -0.2) is 9.69 Å². The zero-order valence-electron chi connectivity index (χ0n) is 19.9. The second kappa shape index (κ2) is 11.8. The molecule has 1 unspecified atom stereocenters. The van der Waals surface area contributed by atoms with Crippen molar-refractivity contribution in [1.29, 1.82) is 0 Å². The van der Waals surface area contributed by atoms with Crippen LogP contribution < -0.4 is 15.4 Å². The van der Waals surface area contributed by atoms with Gasteiger partial charge < -0.3 is 20.5 Å². The van der Waals surface area contributed by atoms with Crippen molar-refractivity contribution in [2.75, 3.05) is 18.5 Å². The first kappa shape index (κ1) is 26.7. The zero-order chi connectivity index (χ0) is 26.5. The molecule has 1 heterocycles. The quantitative estimate of drug-likeness (QED) is 0.310. The molecule has 0 radical (unpaired) electrons. The first-order chi connectivity index (χ1) is 17.8. The second-order valence-corrected chi connectivity index (χ2v) is 9.81. The van der Waals surface area contributed by atoms with Gasteiger partial charge in [0.15, 0.2) is 0 Å². The number of amides is 4. The lowest BCUT2D eigenvalue weighted by Gasteiger charge is -2.30. The van der Waals surface area contributed by atoms with Crippen LogP contribution in [-0.2, 0) is 9.59 Å². The summed E-state index contributed by atoms with van der Waals surface area (Å²) in [6.45, 7) is 1.81. The van der Waals surface area contributed by atoms with Crippen LogP contribution in [0.4, 0.5) is 10.5 Å². The molecule has 3 aromatic carbocycles. The van der Waals surface area contributed by atoms with Crippen LogP contribution in [0.2, 0.25) is 5.02 Å². The molecule has 10 heteroatoms. The lowest BCUT2D eigenvalue weighted by Crippen LogP contribution is -2.50. The number of halogens is 2. The van der Waals surface area contributed by atoms with Gasteiger partial charge in [0.25, 0.3) is 5.91 Å².